The van der Waals surface area contributed by atoms with E-state index in [1.807, 2.05) is 0 Å². The van der Waals surface area contributed by atoms with E-state index >= 15 is 0 Å². The van der Waals surface area contributed by atoms with Crippen molar-refractivity contribution in [2.45, 2.75) is 19.8 Å². The maximum atomic E-state index is 10.8. The average molecular weight is 158 g/mol. The smallest absolute Gasteiger partial charge is 0.221 e. The second-order valence-corrected chi connectivity index (χ2v) is 2.33. The van der Waals surface area contributed by atoms with E-state index in [2.05, 4.69) is 10.6 Å². The highest BCUT2D eigenvalue weighted by molar-refractivity contribution is 5.83. The SMILES string of the molecule is CNCNC(=O)CCC(C)=O. The summed E-state index contributed by atoms with van der Waals surface area (Å²) in [6.45, 7) is 1.93. The summed E-state index contributed by atoms with van der Waals surface area (Å²) >= 11 is 0. The number of Topliss-reactive ketones (excluding diaryl/α,β-unsaturated/α-hetero) is 1. The number of amides is 1. The lowest BCUT2D eigenvalue weighted by Crippen LogP contribution is -2.31. The Balaban J connectivity index is 3.30. The van der Waals surface area contributed by atoms with Gasteiger partial charge in [0.25, 0.3) is 0 Å². The average Bonchev–Trinajstić information content (AvgIpc) is 1.97. The number of nitrogens with one attached hydrogen (secondary N) is 2. The van der Waals surface area contributed by atoms with E-state index in [0.29, 0.717) is 13.1 Å². The molecule has 0 radical (unpaired) electrons. The first kappa shape index (κ1) is 10.1. The molecule has 4 nitrogen and oxygen atoms in total. The van der Waals surface area contributed by atoms with E-state index in [1.165, 1.54) is 6.92 Å². The molecule has 0 heterocycles. The molecule has 64 valence electrons. The molecule has 0 saturated heterocycles. The molecule has 0 rings (SSSR count). The van der Waals surface area contributed by atoms with E-state index in [0.717, 1.165) is 0 Å². The van der Waals surface area contributed by atoms with Crippen LogP contribution in [-0.4, -0.2) is 25.4 Å². The summed E-state index contributed by atoms with van der Waals surface area (Å²) in [7, 11) is 1.74. The number of carbonyl (C=O) groups excluding carboxylic acids is 2. The van der Waals surface area contributed by atoms with Gasteiger partial charge in [0, 0.05) is 12.8 Å². The maximum absolute atomic E-state index is 10.8. The van der Waals surface area contributed by atoms with Crippen LogP contribution in [0.3, 0.4) is 0 Å². The van der Waals surface area contributed by atoms with Crippen LogP contribution in [0.4, 0.5) is 0 Å². The van der Waals surface area contributed by atoms with Crippen LogP contribution in [0.15, 0.2) is 0 Å². The molecule has 0 atom stereocenters. The monoisotopic (exact) mass is 158 g/mol. The first-order valence-corrected chi connectivity index (χ1v) is 3.57. The lowest BCUT2D eigenvalue weighted by Gasteiger charge is -2.01. The highest BCUT2D eigenvalue weighted by Gasteiger charge is 2.00. The van der Waals surface area contributed by atoms with E-state index in [9.17, 15) is 9.59 Å². The summed E-state index contributed by atoms with van der Waals surface area (Å²) in [5.41, 5.74) is 0. The third-order valence-corrected chi connectivity index (χ3v) is 1.17. The van der Waals surface area contributed by atoms with E-state index in [1.54, 1.807) is 7.05 Å². The van der Waals surface area contributed by atoms with Crippen molar-refractivity contribution < 1.29 is 9.59 Å². The Morgan fingerprint density at radius 2 is 1.91 bits per heavy atom. The molecule has 0 bridgehead atoms. The van der Waals surface area contributed by atoms with Crippen LogP contribution in [0, 0.1) is 0 Å². The Morgan fingerprint density at radius 1 is 1.27 bits per heavy atom. The van der Waals surface area contributed by atoms with Crippen molar-refractivity contribution in [3.8, 4) is 0 Å². The Hall–Kier alpha value is -0.900. The van der Waals surface area contributed by atoms with Crippen LogP contribution >= 0.6 is 0 Å². The normalized spacial score (nSPS) is 9.27. The predicted octanol–water partition coefficient (Wildman–Crippen LogP) is -0.351. The molecule has 1 amide bonds. The van der Waals surface area contributed by atoms with E-state index < -0.39 is 0 Å². The van der Waals surface area contributed by atoms with Crippen molar-refractivity contribution in [1.82, 2.24) is 10.6 Å². The number of carbonyl (C=O) groups is 2. The minimum Gasteiger partial charge on any atom is -0.344 e. The molecule has 0 aliphatic heterocycles. The second kappa shape index (κ2) is 5.85. The maximum Gasteiger partial charge on any atom is 0.221 e. The highest BCUT2D eigenvalue weighted by atomic mass is 16.2. The van der Waals surface area contributed by atoms with E-state index in [-0.39, 0.29) is 18.1 Å². The topological polar surface area (TPSA) is 58.2 Å². The van der Waals surface area contributed by atoms with Gasteiger partial charge in [-0.3, -0.25) is 4.79 Å². The van der Waals surface area contributed by atoms with Crippen molar-refractivity contribution in [2.75, 3.05) is 13.7 Å². The molecule has 4 heteroatoms. The fourth-order valence-corrected chi connectivity index (χ4v) is 0.565. The molecule has 0 spiro atoms. The van der Waals surface area contributed by atoms with Gasteiger partial charge in [-0.25, -0.2) is 0 Å². The molecule has 0 aliphatic carbocycles. The van der Waals surface area contributed by atoms with Gasteiger partial charge >= 0.3 is 0 Å². The molecule has 2 N–H and O–H groups in total. The van der Waals surface area contributed by atoms with Gasteiger partial charge in [0.15, 0.2) is 0 Å². The fraction of sp³-hybridized carbons (Fsp3) is 0.714. The van der Waals surface area contributed by atoms with Crippen molar-refractivity contribution in [3.63, 3.8) is 0 Å². The van der Waals surface area contributed by atoms with Crippen molar-refractivity contribution >= 4 is 11.7 Å². The van der Waals surface area contributed by atoms with E-state index in [4.69, 9.17) is 0 Å². The molecule has 0 aromatic rings. The lowest BCUT2D eigenvalue weighted by molar-refractivity contribution is -0.124. The number of hydrogen-bond donors (Lipinski definition) is 2. The number of ketones is 1. The molecular formula is C7H14N2O2. The molecule has 0 fully saturated rings. The second-order valence-electron chi connectivity index (χ2n) is 2.33. The van der Waals surface area contributed by atoms with Gasteiger partial charge in [0.2, 0.25) is 5.91 Å². The van der Waals surface area contributed by atoms with Gasteiger partial charge < -0.3 is 15.4 Å². The summed E-state index contributed by atoms with van der Waals surface area (Å²) in [5.74, 6) is -0.0424. The third-order valence-electron chi connectivity index (χ3n) is 1.17. The standard InChI is InChI=1S/C7H14N2O2/c1-6(10)3-4-7(11)9-5-8-2/h8H,3-5H2,1-2H3,(H,9,11). The van der Waals surface area contributed by atoms with Crippen LogP contribution in [0.25, 0.3) is 0 Å². The molecule has 0 unspecified atom stereocenters. The van der Waals surface area contributed by atoms with Crippen LogP contribution in [-0.2, 0) is 9.59 Å². The highest BCUT2D eigenvalue weighted by Crippen LogP contribution is 1.88. The first-order chi connectivity index (χ1) is 5.16. The fourth-order valence-electron chi connectivity index (χ4n) is 0.565. The third kappa shape index (κ3) is 6.99. The van der Waals surface area contributed by atoms with Gasteiger partial charge in [0.05, 0.1) is 6.67 Å². The molecule has 0 aromatic carbocycles. The van der Waals surface area contributed by atoms with Crippen molar-refractivity contribution in [2.24, 2.45) is 0 Å². The number of rotatable bonds is 5. The molecule has 0 aromatic heterocycles. The van der Waals surface area contributed by atoms with Crippen LogP contribution in [0.5, 0.6) is 0 Å². The van der Waals surface area contributed by atoms with Gasteiger partial charge in [-0.2, -0.15) is 0 Å². The zero-order valence-corrected chi connectivity index (χ0v) is 6.94. The Bertz CT molecular complexity index is 145. The summed E-state index contributed by atoms with van der Waals surface area (Å²) in [6.07, 6.45) is 0.618. The summed E-state index contributed by atoms with van der Waals surface area (Å²) in [5, 5.41) is 5.35. The quantitative estimate of drug-likeness (QED) is 0.538. The summed E-state index contributed by atoms with van der Waals surface area (Å²) in [6, 6.07) is 0. The zero-order chi connectivity index (χ0) is 8.69. The van der Waals surface area contributed by atoms with Crippen molar-refractivity contribution in [1.29, 1.82) is 0 Å². The van der Waals surface area contributed by atoms with Crippen LogP contribution in [0.2, 0.25) is 0 Å². The van der Waals surface area contributed by atoms with Crippen LogP contribution in [0.1, 0.15) is 19.8 Å². The summed E-state index contributed by atoms with van der Waals surface area (Å²) < 4.78 is 0. The van der Waals surface area contributed by atoms with Gasteiger partial charge in [-0.1, -0.05) is 0 Å². The Kier molecular flexibility index (Phi) is 5.37. The molecular weight excluding hydrogens is 144 g/mol. The zero-order valence-electron chi connectivity index (χ0n) is 6.94. The minimum atomic E-state index is -0.0884. The van der Waals surface area contributed by atoms with Gasteiger partial charge in [-0.05, 0) is 14.0 Å². The Morgan fingerprint density at radius 3 is 2.36 bits per heavy atom. The molecule has 11 heavy (non-hydrogen) atoms. The first-order valence-electron chi connectivity index (χ1n) is 3.57. The van der Waals surface area contributed by atoms with Crippen molar-refractivity contribution in [3.05, 3.63) is 0 Å². The van der Waals surface area contributed by atoms with Crippen LogP contribution < -0.4 is 10.6 Å². The van der Waals surface area contributed by atoms with Gasteiger partial charge in [-0.15, -0.1) is 0 Å². The number of hydrogen-bond acceptors (Lipinski definition) is 3. The summed E-state index contributed by atoms with van der Waals surface area (Å²) in [4.78, 5) is 21.2. The minimum absolute atomic E-state index is 0.0459. The largest absolute Gasteiger partial charge is 0.344 e. The van der Waals surface area contributed by atoms with Gasteiger partial charge in [0.1, 0.15) is 5.78 Å². The molecule has 0 aliphatic rings. The predicted molar refractivity (Wildman–Crippen MR) is 42.0 cm³/mol. The molecule has 0 saturated carbocycles. The Labute approximate surface area is 66.4 Å². The lowest BCUT2D eigenvalue weighted by atomic mass is 10.2.